The van der Waals surface area contributed by atoms with Gasteiger partial charge in [0.25, 0.3) is 5.56 Å². The minimum absolute atomic E-state index is 0.0129. The van der Waals surface area contributed by atoms with E-state index in [1.165, 1.54) is 16.2 Å². The molecule has 0 unspecified atom stereocenters. The number of aromatic nitrogens is 2. The van der Waals surface area contributed by atoms with Crippen molar-refractivity contribution in [3.05, 3.63) is 33.7 Å². The molecule has 2 aromatic heterocycles. The number of hydrogen-bond donors (Lipinski definition) is 1. The lowest BCUT2D eigenvalue weighted by Crippen LogP contribution is -3.12. The van der Waals surface area contributed by atoms with Crippen molar-refractivity contribution in [2.45, 2.75) is 6.54 Å². The monoisotopic (exact) mass is 252 g/mol. The Balaban J connectivity index is 1.87. The Bertz CT molecular complexity index is 571. The van der Waals surface area contributed by atoms with Crippen molar-refractivity contribution in [1.29, 1.82) is 0 Å². The van der Waals surface area contributed by atoms with Crippen LogP contribution in [0.15, 0.2) is 22.4 Å². The van der Waals surface area contributed by atoms with Gasteiger partial charge in [0.15, 0.2) is 4.96 Å². The first-order valence-electron chi connectivity index (χ1n) is 5.70. The second kappa shape index (κ2) is 4.56. The van der Waals surface area contributed by atoms with Gasteiger partial charge in [-0.15, -0.1) is 11.3 Å². The average molecular weight is 252 g/mol. The highest BCUT2D eigenvalue weighted by Gasteiger charge is 2.15. The van der Waals surface area contributed by atoms with Crippen molar-refractivity contribution >= 4 is 16.3 Å². The Morgan fingerprint density at radius 3 is 3.12 bits per heavy atom. The van der Waals surface area contributed by atoms with Crippen molar-refractivity contribution < 1.29 is 9.64 Å². The van der Waals surface area contributed by atoms with Gasteiger partial charge in [-0.3, -0.25) is 9.20 Å². The molecule has 1 fully saturated rings. The lowest BCUT2D eigenvalue weighted by Gasteiger charge is -2.23. The van der Waals surface area contributed by atoms with Crippen LogP contribution >= 0.6 is 11.3 Å². The Labute approximate surface area is 102 Å². The van der Waals surface area contributed by atoms with Crippen LogP contribution in [0.2, 0.25) is 0 Å². The van der Waals surface area contributed by atoms with Crippen LogP contribution < -0.4 is 10.5 Å². The number of thiazole rings is 1. The topological polar surface area (TPSA) is 48.0 Å². The van der Waals surface area contributed by atoms with Gasteiger partial charge in [0.2, 0.25) is 0 Å². The molecule has 1 N–H and O–H groups in total. The number of nitrogens with zero attached hydrogens (tertiary/aromatic N) is 2. The van der Waals surface area contributed by atoms with Gasteiger partial charge in [0.1, 0.15) is 25.3 Å². The summed E-state index contributed by atoms with van der Waals surface area (Å²) in [6.45, 7) is 4.40. The number of quaternary nitrogens is 1. The number of rotatable bonds is 2. The summed E-state index contributed by atoms with van der Waals surface area (Å²) in [6, 6.07) is 1.64. The fraction of sp³-hybridized carbons (Fsp3) is 0.455. The summed E-state index contributed by atoms with van der Waals surface area (Å²) in [5.74, 6) is 0. The molecule has 0 spiro atoms. The standard InChI is InChI=1S/C11H13N3O2S/c15-10-7-9(8-13-1-4-16-5-2-13)12-11-14(10)3-6-17-11/h3,6-7H,1-2,4-5,8H2/p+1. The highest BCUT2D eigenvalue weighted by molar-refractivity contribution is 7.15. The van der Waals surface area contributed by atoms with E-state index in [4.69, 9.17) is 4.74 Å². The van der Waals surface area contributed by atoms with E-state index in [-0.39, 0.29) is 5.56 Å². The third kappa shape index (κ3) is 2.24. The fourth-order valence-electron chi connectivity index (χ4n) is 2.07. The maximum atomic E-state index is 11.8. The van der Waals surface area contributed by atoms with Crippen LogP contribution in [-0.2, 0) is 11.3 Å². The predicted molar refractivity (Wildman–Crippen MR) is 64.6 cm³/mol. The van der Waals surface area contributed by atoms with E-state index < -0.39 is 0 Å². The second-order valence-electron chi connectivity index (χ2n) is 4.18. The minimum Gasteiger partial charge on any atom is -0.370 e. The molecule has 1 aliphatic heterocycles. The van der Waals surface area contributed by atoms with Gasteiger partial charge in [-0.05, 0) is 0 Å². The molecular weight excluding hydrogens is 238 g/mol. The number of morpholine rings is 1. The zero-order chi connectivity index (χ0) is 11.7. The van der Waals surface area contributed by atoms with Crippen molar-refractivity contribution in [3.63, 3.8) is 0 Å². The number of nitrogens with one attached hydrogen (secondary N) is 1. The first-order chi connectivity index (χ1) is 8.33. The molecule has 6 heteroatoms. The van der Waals surface area contributed by atoms with E-state index in [2.05, 4.69) is 4.98 Å². The number of fused-ring (bicyclic) bond motifs is 1. The quantitative estimate of drug-likeness (QED) is 0.759. The molecule has 2 aromatic rings. The molecule has 3 rings (SSSR count). The van der Waals surface area contributed by atoms with Crippen LogP contribution in [0.5, 0.6) is 0 Å². The van der Waals surface area contributed by atoms with Crippen molar-refractivity contribution in [2.24, 2.45) is 0 Å². The van der Waals surface area contributed by atoms with Gasteiger partial charge in [-0.1, -0.05) is 0 Å². The molecular formula is C11H14N3O2S+. The molecule has 0 radical (unpaired) electrons. The molecule has 17 heavy (non-hydrogen) atoms. The number of hydrogen-bond acceptors (Lipinski definition) is 4. The number of ether oxygens (including phenoxy) is 1. The summed E-state index contributed by atoms with van der Waals surface area (Å²) in [7, 11) is 0. The summed E-state index contributed by atoms with van der Waals surface area (Å²) < 4.78 is 6.90. The molecule has 1 saturated heterocycles. The third-order valence-corrected chi connectivity index (χ3v) is 3.74. The second-order valence-corrected chi connectivity index (χ2v) is 5.05. The van der Waals surface area contributed by atoms with Gasteiger partial charge in [0, 0.05) is 17.6 Å². The first-order valence-corrected chi connectivity index (χ1v) is 6.58. The summed E-state index contributed by atoms with van der Waals surface area (Å²) >= 11 is 1.50. The van der Waals surface area contributed by atoms with Gasteiger partial charge < -0.3 is 9.64 Å². The minimum atomic E-state index is 0.0129. The van der Waals surface area contributed by atoms with Gasteiger partial charge in [-0.25, -0.2) is 4.98 Å². The summed E-state index contributed by atoms with van der Waals surface area (Å²) in [5, 5.41) is 1.88. The van der Waals surface area contributed by atoms with Gasteiger partial charge in [-0.2, -0.15) is 0 Å². The maximum absolute atomic E-state index is 11.8. The predicted octanol–water partition coefficient (Wildman–Crippen LogP) is -0.829. The highest BCUT2D eigenvalue weighted by atomic mass is 32.1. The van der Waals surface area contributed by atoms with Crippen LogP contribution in [-0.4, -0.2) is 35.7 Å². The highest BCUT2D eigenvalue weighted by Crippen LogP contribution is 2.05. The molecule has 90 valence electrons. The Hall–Kier alpha value is -1.24. The molecule has 0 aliphatic carbocycles. The molecule has 0 amide bonds. The van der Waals surface area contributed by atoms with Gasteiger partial charge in [0.05, 0.1) is 13.2 Å². The zero-order valence-electron chi connectivity index (χ0n) is 9.39. The fourth-order valence-corrected chi connectivity index (χ4v) is 2.81. The molecule has 1 aliphatic rings. The Morgan fingerprint density at radius 1 is 1.47 bits per heavy atom. The smallest absolute Gasteiger partial charge is 0.258 e. The van der Waals surface area contributed by atoms with Crippen molar-refractivity contribution in [1.82, 2.24) is 9.38 Å². The normalized spacial score (nSPS) is 17.6. The lowest BCUT2D eigenvalue weighted by atomic mass is 10.3. The van der Waals surface area contributed by atoms with Crippen LogP contribution in [0, 0.1) is 0 Å². The van der Waals surface area contributed by atoms with E-state index in [1.807, 2.05) is 5.38 Å². The van der Waals surface area contributed by atoms with Crippen molar-refractivity contribution in [3.8, 4) is 0 Å². The molecule has 0 aromatic carbocycles. The van der Waals surface area contributed by atoms with Gasteiger partial charge >= 0.3 is 0 Å². The largest absolute Gasteiger partial charge is 0.370 e. The van der Waals surface area contributed by atoms with E-state index in [1.54, 1.807) is 16.7 Å². The molecule has 0 bridgehead atoms. The summed E-state index contributed by atoms with van der Waals surface area (Å²) in [4.78, 5) is 18.5. The van der Waals surface area contributed by atoms with Crippen LogP contribution in [0.4, 0.5) is 0 Å². The molecule has 5 nitrogen and oxygen atoms in total. The van der Waals surface area contributed by atoms with Crippen molar-refractivity contribution in [2.75, 3.05) is 26.3 Å². The van der Waals surface area contributed by atoms with E-state index >= 15 is 0 Å². The van der Waals surface area contributed by atoms with E-state index in [9.17, 15) is 4.79 Å². The average Bonchev–Trinajstić information content (AvgIpc) is 2.79. The van der Waals surface area contributed by atoms with Crippen LogP contribution in [0.1, 0.15) is 5.69 Å². The zero-order valence-corrected chi connectivity index (χ0v) is 10.2. The van der Waals surface area contributed by atoms with E-state index in [0.29, 0.717) is 0 Å². The third-order valence-electron chi connectivity index (χ3n) is 2.99. The summed E-state index contributed by atoms with van der Waals surface area (Å²) in [6.07, 6.45) is 1.76. The lowest BCUT2D eigenvalue weighted by molar-refractivity contribution is -0.921. The molecule has 3 heterocycles. The Morgan fingerprint density at radius 2 is 2.29 bits per heavy atom. The van der Waals surface area contributed by atoms with Crippen LogP contribution in [0.25, 0.3) is 4.96 Å². The SMILES string of the molecule is O=c1cc(C[NH+]2CCOCC2)nc2sccn12. The Kier molecular flexibility index (Phi) is 2.92. The molecule has 0 atom stereocenters. The summed E-state index contributed by atoms with van der Waals surface area (Å²) in [5.41, 5.74) is 0.897. The van der Waals surface area contributed by atoms with Crippen LogP contribution in [0.3, 0.4) is 0 Å². The maximum Gasteiger partial charge on any atom is 0.258 e. The molecule has 0 saturated carbocycles. The first kappa shape index (κ1) is 10.9. The van der Waals surface area contributed by atoms with E-state index in [0.717, 1.165) is 43.5 Å².